The number of halogens is 1. The molecule has 4 rings (SSSR count). The topological polar surface area (TPSA) is 121 Å². The quantitative estimate of drug-likeness (QED) is 0.410. The van der Waals surface area contributed by atoms with Crippen molar-refractivity contribution in [1.82, 2.24) is 14.8 Å². The first-order valence-corrected chi connectivity index (χ1v) is 10.5. The van der Waals surface area contributed by atoms with E-state index in [1.165, 1.54) is 41.3 Å². The molecule has 33 heavy (non-hydrogen) atoms. The van der Waals surface area contributed by atoms with E-state index in [1.807, 2.05) is 17.5 Å². The summed E-state index contributed by atoms with van der Waals surface area (Å²) in [7, 11) is 1.44. The van der Waals surface area contributed by atoms with E-state index in [4.69, 9.17) is 15.2 Å². The molecule has 0 spiro atoms. The van der Waals surface area contributed by atoms with Gasteiger partial charge >= 0.3 is 0 Å². The molecule has 2 aromatic heterocycles. The van der Waals surface area contributed by atoms with Gasteiger partial charge < -0.3 is 20.5 Å². The third kappa shape index (κ3) is 4.99. The fraction of sp³-hybridized carbons (Fsp3) is 0.0909. The molecular formula is C22H18FN5O4S. The van der Waals surface area contributed by atoms with Gasteiger partial charge in [-0.1, -0.05) is 12.1 Å². The number of carbonyl (C=O) groups is 2. The third-order valence-electron chi connectivity index (χ3n) is 4.40. The SMILES string of the molecule is COc1ccc(NC(=O)c2nc(-c3cccs3)n(-c3cccc(F)c3)n2)cc1OCC(N)=O. The summed E-state index contributed by atoms with van der Waals surface area (Å²) in [4.78, 5) is 29.1. The Balaban J connectivity index is 1.64. The van der Waals surface area contributed by atoms with Gasteiger partial charge in [-0.3, -0.25) is 9.59 Å². The normalized spacial score (nSPS) is 10.6. The van der Waals surface area contributed by atoms with Crippen LogP contribution in [0.5, 0.6) is 11.5 Å². The molecule has 2 amide bonds. The molecule has 0 bridgehead atoms. The molecule has 168 valence electrons. The van der Waals surface area contributed by atoms with Crippen LogP contribution < -0.4 is 20.5 Å². The molecule has 0 saturated carbocycles. The van der Waals surface area contributed by atoms with Crippen LogP contribution in [0.3, 0.4) is 0 Å². The lowest BCUT2D eigenvalue weighted by atomic mass is 10.2. The lowest BCUT2D eigenvalue weighted by molar-refractivity contribution is -0.119. The van der Waals surface area contributed by atoms with Crippen molar-refractivity contribution in [3.63, 3.8) is 0 Å². The molecule has 4 aromatic rings. The highest BCUT2D eigenvalue weighted by Gasteiger charge is 2.20. The van der Waals surface area contributed by atoms with Crippen molar-refractivity contribution in [2.75, 3.05) is 19.0 Å². The largest absolute Gasteiger partial charge is 0.493 e. The van der Waals surface area contributed by atoms with Gasteiger partial charge in [-0.25, -0.2) is 14.1 Å². The second kappa shape index (κ2) is 9.49. The van der Waals surface area contributed by atoms with Gasteiger partial charge in [0.15, 0.2) is 23.9 Å². The molecule has 0 aliphatic carbocycles. The number of nitrogens with one attached hydrogen (secondary N) is 1. The van der Waals surface area contributed by atoms with Crippen molar-refractivity contribution in [2.24, 2.45) is 5.73 Å². The van der Waals surface area contributed by atoms with E-state index < -0.39 is 17.6 Å². The Morgan fingerprint density at radius 1 is 1.15 bits per heavy atom. The van der Waals surface area contributed by atoms with Gasteiger partial charge in [0.05, 0.1) is 17.7 Å². The lowest BCUT2D eigenvalue weighted by Gasteiger charge is -2.11. The van der Waals surface area contributed by atoms with E-state index >= 15 is 0 Å². The van der Waals surface area contributed by atoms with Crippen LogP contribution >= 0.6 is 11.3 Å². The average molecular weight is 467 g/mol. The van der Waals surface area contributed by atoms with Gasteiger partial charge in [-0.05, 0) is 41.8 Å². The van der Waals surface area contributed by atoms with Crippen LogP contribution in [0.15, 0.2) is 60.0 Å². The van der Waals surface area contributed by atoms with Crippen LogP contribution in [0.1, 0.15) is 10.6 Å². The second-order valence-electron chi connectivity index (χ2n) is 6.70. The molecule has 0 aliphatic heterocycles. The van der Waals surface area contributed by atoms with E-state index in [0.29, 0.717) is 22.9 Å². The zero-order valence-electron chi connectivity index (χ0n) is 17.3. The smallest absolute Gasteiger partial charge is 0.295 e. The number of hydrogen-bond acceptors (Lipinski definition) is 7. The highest BCUT2D eigenvalue weighted by Crippen LogP contribution is 2.31. The van der Waals surface area contributed by atoms with Crippen LogP contribution in [0.25, 0.3) is 16.4 Å². The second-order valence-corrected chi connectivity index (χ2v) is 7.65. The lowest BCUT2D eigenvalue weighted by Crippen LogP contribution is -2.20. The molecular weight excluding hydrogens is 449 g/mol. The maximum Gasteiger partial charge on any atom is 0.295 e. The van der Waals surface area contributed by atoms with E-state index in [1.54, 1.807) is 24.3 Å². The molecule has 9 nitrogen and oxygen atoms in total. The number of rotatable bonds is 8. The summed E-state index contributed by atoms with van der Waals surface area (Å²) in [6.45, 7) is -0.350. The van der Waals surface area contributed by atoms with Crippen LogP contribution in [0.2, 0.25) is 0 Å². The van der Waals surface area contributed by atoms with E-state index in [0.717, 1.165) is 4.88 Å². The summed E-state index contributed by atoms with van der Waals surface area (Å²) < 4.78 is 25.8. The van der Waals surface area contributed by atoms with Crippen molar-refractivity contribution in [3.8, 4) is 27.9 Å². The first-order chi connectivity index (χ1) is 15.9. The van der Waals surface area contributed by atoms with E-state index in [-0.39, 0.29) is 18.2 Å². The molecule has 2 heterocycles. The van der Waals surface area contributed by atoms with Gasteiger partial charge in [-0.15, -0.1) is 16.4 Å². The number of thiophene rings is 1. The molecule has 0 atom stereocenters. The zero-order chi connectivity index (χ0) is 23.4. The van der Waals surface area contributed by atoms with Gasteiger partial charge in [0.25, 0.3) is 11.8 Å². The number of benzene rings is 2. The van der Waals surface area contributed by atoms with Crippen LogP contribution in [0.4, 0.5) is 10.1 Å². The monoisotopic (exact) mass is 467 g/mol. The number of nitrogens with zero attached hydrogens (tertiary/aromatic N) is 3. The minimum Gasteiger partial charge on any atom is -0.493 e. The summed E-state index contributed by atoms with van der Waals surface area (Å²) >= 11 is 1.41. The minimum atomic E-state index is -0.653. The van der Waals surface area contributed by atoms with Crippen molar-refractivity contribution in [1.29, 1.82) is 0 Å². The number of anilines is 1. The average Bonchev–Trinajstić information content (AvgIpc) is 3.48. The summed E-state index contributed by atoms with van der Waals surface area (Å²) in [6, 6.07) is 14.2. The molecule has 0 unspecified atom stereocenters. The number of aromatic nitrogens is 3. The Kier molecular flexibility index (Phi) is 6.31. The number of ether oxygens (including phenoxy) is 2. The van der Waals surface area contributed by atoms with Gasteiger partial charge in [-0.2, -0.15) is 0 Å². The van der Waals surface area contributed by atoms with Gasteiger partial charge in [0.2, 0.25) is 5.82 Å². The maximum absolute atomic E-state index is 13.8. The molecule has 0 fully saturated rings. The minimum absolute atomic E-state index is 0.113. The fourth-order valence-electron chi connectivity index (χ4n) is 2.96. The number of carbonyl (C=O) groups excluding carboxylic acids is 2. The number of methoxy groups -OCH3 is 1. The molecule has 3 N–H and O–H groups in total. The Morgan fingerprint density at radius 2 is 2.00 bits per heavy atom. The summed E-state index contributed by atoms with van der Waals surface area (Å²) in [6.07, 6.45) is 0. The predicted octanol–water partition coefficient (Wildman–Crippen LogP) is 3.26. The van der Waals surface area contributed by atoms with Crippen molar-refractivity contribution >= 4 is 28.8 Å². The Morgan fingerprint density at radius 3 is 2.70 bits per heavy atom. The maximum atomic E-state index is 13.8. The molecule has 0 aliphatic rings. The van der Waals surface area contributed by atoms with Gasteiger partial charge in [0.1, 0.15) is 5.82 Å². The highest BCUT2D eigenvalue weighted by molar-refractivity contribution is 7.13. The van der Waals surface area contributed by atoms with E-state index in [2.05, 4.69) is 15.4 Å². The molecule has 0 saturated heterocycles. The first-order valence-electron chi connectivity index (χ1n) is 9.62. The third-order valence-corrected chi connectivity index (χ3v) is 5.26. The molecule has 11 heteroatoms. The first kappa shape index (κ1) is 22.0. The Bertz CT molecular complexity index is 1310. The van der Waals surface area contributed by atoms with Crippen molar-refractivity contribution < 1.29 is 23.5 Å². The van der Waals surface area contributed by atoms with Gasteiger partial charge in [0, 0.05) is 11.8 Å². The van der Waals surface area contributed by atoms with Crippen LogP contribution in [-0.4, -0.2) is 40.3 Å². The number of nitrogens with two attached hydrogens (primary N) is 1. The Hall–Kier alpha value is -4.25. The fourth-order valence-corrected chi connectivity index (χ4v) is 3.66. The predicted molar refractivity (Wildman–Crippen MR) is 120 cm³/mol. The summed E-state index contributed by atoms with van der Waals surface area (Å²) in [5, 5.41) is 8.86. The van der Waals surface area contributed by atoms with Crippen LogP contribution in [0, 0.1) is 5.82 Å². The highest BCUT2D eigenvalue weighted by atomic mass is 32.1. The Labute approximate surface area is 191 Å². The molecule has 0 radical (unpaired) electrons. The number of amides is 2. The number of hydrogen-bond donors (Lipinski definition) is 2. The summed E-state index contributed by atoms with van der Waals surface area (Å²) in [5.74, 6) is -0.796. The standard InChI is InChI=1S/C22H18FN5O4S/c1-31-16-8-7-14(11-17(16)32-12-19(24)29)25-22(30)20-26-21(18-6-3-9-33-18)28(27-20)15-5-2-4-13(23)10-15/h2-11H,12H2,1H3,(H2,24,29)(H,25,30). The van der Waals surface area contributed by atoms with Crippen molar-refractivity contribution in [2.45, 2.75) is 0 Å². The van der Waals surface area contributed by atoms with Crippen molar-refractivity contribution in [3.05, 3.63) is 71.6 Å². The van der Waals surface area contributed by atoms with E-state index in [9.17, 15) is 14.0 Å². The molecule has 2 aromatic carbocycles. The zero-order valence-corrected chi connectivity index (χ0v) is 18.1. The summed E-state index contributed by atoms with van der Waals surface area (Å²) in [5.41, 5.74) is 5.91. The van der Waals surface area contributed by atoms with Crippen LogP contribution in [-0.2, 0) is 4.79 Å². The number of primary amides is 1.